The number of methoxy groups -OCH3 is 1. The molecular formula is C20H28O8. The van der Waals surface area contributed by atoms with Gasteiger partial charge in [-0.2, -0.15) is 0 Å². The lowest BCUT2D eigenvalue weighted by atomic mass is 9.80. The maximum absolute atomic E-state index is 12.4. The molecule has 0 aliphatic carbocycles. The zero-order chi connectivity index (χ0) is 20.6. The molecule has 3 saturated heterocycles. The van der Waals surface area contributed by atoms with E-state index in [1.165, 1.54) is 7.11 Å². The SMILES string of the molecule is C=C1C(=O)O[C@@H]2C[C@H](CO)[C@]3(OC)C[C@@H](O)[C@H](C[C@@H](OC(=O)/C(C)=C\C)[C@@H]12)O3. The van der Waals surface area contributed by atoms with E-state index >= 15 is 0 Å². The van der Waals surface area contributed by atoms with Crippen LogP contribution in [0.3, 0.4) is 0 Å². The van der Waals surface area contributed by atoms with Gasteiger partial charge in [-0.15, -0.1) is 0 Å². The van der Waals surface area contributed by atoms with Gasteiger partial charge in [-0.3, -0.25) is 0 Å². The van der Waals surface area contributed by atoms with Crippen LogP contribution in [0.2, 0.25) is 0 Å². The third-order valence-corrected chi connectivity index (χ3v) is 6.18. The first-order valence-electron chi connectivity index (χ1n) is 9.51. The van der Waals surface area contributed by atoms with Crippen LogP contribution in [0, 0.1) is 11.8 Å². The highest BCUT2D eigenvalue weighted by Crippen LogP contribution is 2.47. The quantitative estimate of drug-likeness (QED) is 0.532. The number of hydrogen-bond acceptors (Lipinski definition) is 8. The molecule has 0 spiro atoms. The highest BCUT2D eigenvalue weighted by atomic mass is 16.7. The third kappa shape index (κ3) is 3.50. The molecule has 0 aromatic heterocycles. The minimum atomic E-state index is -1.20. The number of allylic oxidation sites excluding steroid dienone is 1. The Morgan fingerprint density at radius 2 is 2.11 bits per heavy atom. The molecule has 28 heavy (non-hydrogen) atoms. The molecule has 0 aromatic carbocycles. The summed E-state index contributed by atoms with van der Waals surface area (Å²) in [7, 11) is 1.46. The van der Waals surface area contributed by atoms with Gasteiger partial charge in [0.05, 0.1) is 24.7 Å². The number of carbonyl (C=O) groups excluding carboxylic acids is 2. The van der Waals surface area contributed by atoms with E-state index in [2.05, 4.69) is 6.58 Å². The Bertz CT molecular complexity index is 686. The van der Waals surface area contributed by atoms with Crippen molar-refractivity contribution in [3.63, 3.8) is 0 Å². The molecule has 0 saturated carbocycles. The third-order valence-electron chi connectivity index (χ3n) is 6.18. The number of ether oxygens (including phenoxy) is 4. The zero-order valence-corrected chi connectivity index (χ0v) is 16.4. The highest BCUT2D eigenvalue weighted by Gasteiger charge is 2.57. The van der Waals surface area contributed by atoms with E-state index in [0.29, 0.717) is 5.57 Å². The van der Waals surface area contributed by atoms with Crippen molar-refractivity contribution >= 4 is 11.9 Å². The van der Waals surface area contributed by atoms with Crippen LogP contribution < -0.4 is 0 Å². The standard InChI is InChI=1S/C20H28O8/c1-5-10(2)18(23)26-16-7-14-13(22)8-20(25-4,28-14)12(9-21)6-15-17(16)11(3)19(24)27-15/h5,12-17,21-22H,3,6-9H2,1-2,4H3/b10-5-/t12-,13-,14+,15-,16-,17+,20+/m1/s1. The van der Waals surface area contributed by atoms with Crippen molar-refractivity contribution in [1.29, 1.82) is 0 Å². The van der Waals surface area contributed by atoms with Gasteiger partial charge in [-0.05, 0) is 20.3 Å². The summed E-state index contributed by atoms with van der Waals surface area (Å²) in [5, 5.41) is 20.5. The lowest BCUT2D eigenvalue weighted by Gasteiger charge is -2.35. The molecule has 2 bridgehead atoms. The minimum absolute atomic E-state index is 0.157. The molecule has 8 heteroatoms. The van der Waals surface area contributed by atoms with Crippen molar-refractivity contribution in [3.05, 3.63) is 23.8 Å². The van der Waals surface area contributed by atoms with E-state index in [1.54, 1.807) is 19.9 Å². The van der Waals surface area contributed by atoms with Crippen molar-refractivity contribution in [2.75, 3.05) is 13.7 Å². The first-order valence-corrected chi connectivity index (χ1v) is 9.51. The molecular weight excluding hydrogens is 368 g/mol. The van der Waals surface area contributed by atoms with E-state index < -0.39 is 54.0 Å². The summed E-state index contributed by atoms with van der Waals surface area (Å²) in [6, 6.07) is 0. The van der Waals surface area contributed by atoms with Gasteiger partial charge < -0.3 is 29.2 Å². The largest absolute Gasteiger partial charge is 0.458 e. The maximum atomic E-state index is 12.4. The molecule has 156 valence electrons. The molecule has 0 aromatic rings. The van der Waals surface area contributed by atoms with Crippen molar-refractivity contribution in [3.8, 4) is 0 Å². The van der Waals surface area contributed by atoms with Gasteiger partial charge in [0.1, 0.15) is 12.2 Å². The number of fused-ring (bicyclic) bond motifs is 3. The second-order valence-electron chi connectivity index (χ2n) is 7.70. The molecule has 7 atom stereocenters. The lowest BCUT2D eigenvalue weighted by molar-refractivity contribution is -0.252. The van der Waals surface area contributed by atoms with Crippen LogP contribution in [-0.4, -0.2) is 66.1 Å². The molecule has 3 rings (SSSR count). The predicted octanol–water partition coefficient (Wildman–Crippen LogP) is 0.857. The Morgan fingerprint density at radius 3 is 2.71 bits per heavy atom. The van der Waals surface area contributed by atoms with Crippen LogP contribution in [-0.2, 0) is 28.5 Å². The topological polar surface area (TPSA) is 112 Å². The minimum Gasteiger partial charge on any atom is -0.458 e. The molecule has 0 radical (unpaired) electrons. The Morgan fingerprint density at radius 1 is 1.39 bits per heavy atom. The molecule has 3 aliphatic rings. The summed E-state index contributed by atoms with van der Waals surface area (Å²) in [6.45, 7) is 6.93. The number of carbonyl (C=O) groups is 2. The second-order valence-corrected chi connectivity index (χ2v) is 7.70. The van der Waals surface area contributed by atoms with E-state index in [1.807, 2.05) is 0 Å². The van der Waals surface area contributed by atoms with Crippen LogP contribution in [0.4, 0.5) is 0 Å². The zero-order valence-electron chi connectivity index (χ0n) is 16.4. The monoisotopic (exact) mass is 396 g/mol. The van der Waals surface area contributed by atoms with Crippen molar-refractivity contribution in [2.45, 2.75) is 63.3 Å². The fourth-order valence-corrected chi connectivity index (χ4v) is 4.40. The Hall–Kier alpha value is -1.74. The average Bonchev–Trinajstić information content (AvgIpc) is 3.16. The summed E-state index contributed by atoms with van der Waals surface area (Å²) in [5.41, 5.74) is 0.649. The number of hydrogen-bond donors (Lipinski definition) is 2. The van der Waals surface area contributed by atoms with Crippen molar-refractivity contribution in [2.24, 2.45) is 11.8 Å². The number of aliphatic hydroxyl groups is 2. The van der Waals surface area contributed by atoms with Gasteiger partial charge in [0.15, 0.2) is 5.79 Å². The number of rotatable bonds is 4. The van der Waals surface area contributed by atoms with Crippen LogP contribution >= 0.6 is 0 Å². The van der Waals surface area contributed by atoms with Gasteiger partial charge in [0, 0.05) is 37.0 Å². The summed E-state index contributed by atoms with van der Waals surface area (Å²) in [5.74, 6) is -3.37. The summed E-state index contributed by atoms with van der Waals surface area (Å²) in [4.78, 5) is 24.6. The first-order chi connectivity index (χ1) is 13.3. The van der Waals surface area contributed by atoms with Crippen LogP contribution in [0.5, 0.6) is 0 Å². The summed E-state index contributed by atoms with van der Waals surface area (Å²) in [6.07, 6.45) is -0.747. The smallest absolute Gasteiger partial charge is 0.334 e. The normalized spacial score (nSPS) is 41.0. The van der Waals surface area contributed by atoms with E-state index in [4.69, 9.17) is 18.9 Å². The van der Waals surface area contributed by atoms with Gasteiger partial charge in [0.2, 0.25) is 0 Å². The number of esters is 2. The van der Waals surface area contributed by atoms with Crippen LogP contribution in [0.1, 0.15) is 33.1 Å². The molecule has 3 aliphatic heterocycles. The first kappa shape index (κ1) is 21.0. The fourth-order valence-electron chi connectivity index (χ4n) is 4.40. The summed E-state index contributed by atoms with van der Waals surface area (Å²) >= 11 is 0. The maximum Gasteiger partial charge on any atom is 0.334 e. The van der Waals surface area contributed by atoms with E-state index in [0.717, 1.165) is 0 Å². The molecule has 8 nitrogen and oxygen atoms in total. The molecule has 3 fully saturated rings. The Balaban J connectivity index is 1.99. The van der Waals surface area contributed by atoms with Crippen LogP contribution in [0.25, 0.3) is 0 Å². The van der Waals surface area contributed by atoms with Gasteiger partial charge in [0.25, 0.3) is 0 Å². The van der Waals surface area contributed by atoms with Crippen molar-refractivity contribution < 1.29 is 38.7 Å². The van der Waals surface area contributed by atoms with Gasteiger partial charge >= 0.3 is 11.9 Å². The van der Waals surface area contributed by atoms with Gasteiger partial charge in [-0.1, -0.05) is 12.7 Å². The summed E-state index contributed by atoms with van der Waals surface area (Å²) < 4.78 is 22.8. The highest BCUT2D eigenvalue weighted by molar-refractivity contribution is 5.91. The van der Waals surface area contributed by atoms with Crippen LogP contribution in [0.15, 0.2) is 23.8 Å². The van der Waals surface area contributed by atoms with Crippen molar-refractivity contribution in [1.82, 2.24) is 0 Å². The second kappa shape index (κ2) is 7.94. The number of aliphatic hydroxyl groups excluding tert-OH is 2. The van der Waals surface area contributed by atoms with Gasteiger partial charge in [-0.25, -0.2) is 9.59 Å². The molecule has 2 N–H and O–H groups in total. The Kier molecular flexibility index (Phi) is 5.95. The average molecular weight is 396 g/mol. The molecule has 0 unspecified atom stereocenters. The molecule has 3 heterocycles. The fraction of sp³-hybridized carbons (Fsp3) is 0.700. The molecule has 0 amide bonds. The van der Waals surface area contributed by atoms with E-state index in [9.17, 15) is 19.8 Å². The lowest BCUT2D eigenvalue weighted by Crippen LogP contribution is -2.44. The Labute approximate surface area is 164 Å². The predicted molar refractivity (Wildman–Crippen MR) is 96.9 cm³/mol. The van der Waals surface area contributed by atoms with E-state index in [-0.39, 0.29) is 31.4 Å².